The SMILES string of the molecule is CSc1cc(C2CC3(CCC3)C2)c(C(N)=O)o1. The Balaban J connectivity index is 1.82. The van der Waals surface area contributed by atoms with Gasteiger partial charge in [0.2, 0.25) is 0 Å². The summed E-state index contributed by atoms with van der Waals surface area (Å²) in [4.78, 5) is 11.4. The molecule has 1 aromatic heterocycles. The van der Waals surface area contributed by atoms with Gasteiger partial charge in [-0.05, 0) is 49.3 Å². The molecule has 2 saturated carbocycles. The van der Waals surface area contributed by atoms with Crippen LogP contribution >= 0.6 is 11.8 Å². The molecule has 2 N–H and O–H groups in total. The van der Waals surface area contributed by atoms with Gasteiger partial charge in [-0.25, -0.2) is 0 Å². The summed E-state index contributed by atoms with van der Waals surface area (Å²) in [7, 11) is 0. The first-order chi connectivity index (χ1) is 8.13. The number of amides is 1. The highest BCUT2D eigenvalue weighted by molar-refractivity contribution is 7.98. The van der Waals surface area contributed by atoms with Gasteiger partial charge in [-0.3, -0.25) is 4.79 Å². The van der Waals surface area contributed by atoms with Gasteiger partial charge in [-0.1, -0.05) is 18.2 Å². The summed E-state index contributed by atoms with van der Waals surface area (Å²) in [6, 6.07) is 2.00. The van der Waals surface area contributed by atoms with Gasteiger partial charge in [-0.2, -0.15) is 0 Å². The fraction of sp³-hybridized carbons (Fsp3) is 0.615. The Hall–Kier alpha value is -0.900. The molecule has 17 heavy (non-hydrogen) atoms. The van der Waals surface area contributed by atoms with Crippen molar-refractivity contribution in [1.29, 1.82) is 0 Å². The molecule has 0 aliphatic heterocycles. The predicted octanol–water partition coefficient (Wildman–Crippen LogP) is 3.15. The Bertz CT molecular complexity index is 454. The molecule has 2 aliphatic carbocycles. The van der Waals surface area contributed by atoms with E-state index in [4.69, 9.17) is 10.2 Å². The van der Waals surface area contributed by atoms with Crippen molar-refractivity contribution >= 4 is 17.7 Å². The maximum atomic E-state index is 11.4. The molecule has 0 aromatic carbocycles. The van der Waals surface area contributed by atoms with Crippen LogP contribution in [-0.4, -0.2) is 12.2 Å². The van der Waals surface area contributed by atoms with E-state index < -0.39 is 5.91 Å². The number of hydrogen-bond donors (Lipinski definition) is 1. The van der Waals surface area contributed by atoms with Gasteiger partial charge < -0.3 is 10.2 Å². The Morgan fingerprint density at radius 1 is 1.53 bits per heavy atom. The number of thioether (sulfide) groups is 1. The molecule has 1 heterocycles. The second-order valence-corrected chi connectivity index (χ2v) is 6.19. The van der Waals surface area contributed by atoms with Crippen molar-refractivity contribution < 1.29 is 9.21 Å². The number of hydrogen-bond acceptors (Lipinski definition) is 3. The van der Waals surface area contributed by atoms with E-state index in [-0.39, 0.29) is 0 Å². The van der Waals surface area contributed by atoms with E-state index in [2.05, 4.69) is 0 Å². The third-order valence-corrected chi connectivity index (χ3v) is 4.98. The minimum absolute atomic E-state index is 0.383. The van der Waals surface area contributed by atoms with E-state index >= 15 is 0 Å². The fourth-order valence-electron chi connectivity index (χ4n) is 3.27. The highest BCUT2D eigenvalue weighted by Gasteiger charge is 2.49. The average molecular weight is 251 g/mol. The van der Waals surface area contributed by atoms with Gasteiger partial charge in [0.1, 0.15) is 0 Å². The summed E-state index contributed by atoms with van der Waals surface area (Å²) in [5, 5.41) is 0.795. The minimum atomic E-state index is -0.435. The van der Waals surface area contributed by atoms with E-state index in [1.165, 1.54) is 43.9 Å². The van der Waals surface area contributed by atoms with Crippen LogP contribution in [0, 0.1) is 5.41 Å². The third-order valence-electron chi connectivity index (χ3n) is 4.38. The third kappa shape index (κ3) is 1.69. The van der Waals surface area contributed by atoms with Gasteiger partial charge in [0.25, 0.3) is 5.91 Å². The number of carbonyl (C=O) groups is 1. The molecule has 3 rings (SSSR count). The van der Waals surface area contributed by atoms with E-state index in [0.29, 0.717) is 17.1 Å². The largest absolute Gasteiger partial charge is 0.444 e. The Morgan fingerprint density at radius 2 is 2.24 bits per heavy atom. The van der Waals surface area contributed by atoms with Crippen LogP contribution in [0.25, 0.3) is 0 Å². The average Bonchev–Trinajstić information content (AvgIpc) is 2.57. The topological polar surface area (TPSA) is 56.2 Å². The lowest BCUT2D eigenvalue weighted by molar-refractivity contribution is 0.00849. The summed E-state index contributed by atoms with van der Waals surface area (Å²) < 4.78 is 5.49. The first-order valence-electron chi connectivity index (χ1n) is 6.11. The van der Waals surface area contributed by atoms with Crippen LogP contribution in [0.1, 0.15) is 54.1 Å². The lowest BCUT2D eigenvalue weighted by Crippen LogP contribution is -2.41. The molecule has 2 fully saturated rings. The van der Waals surface area contributed by atoms with E-state index in [9.17, 15) is 4.79 Å². The normalized spacial score (nSPS) is 22.2. The zero-order chi connectivity index (χ0) is 12.0. The van der Waals surface area contributed by atoms with Crippen molar-refractivity contribution in [2.45, 2.75) is 43.1 Å². The lowest BCUT2D eigenvalue weighted by atomic mass is 9.51. The van der Waals surface area contributed by atoms with Crippen molar-refractivity contribution in [3.63, 3.8) is 0 Å². The molecule has 2 aliphatic rings. The van der Waals surface area contributed by atoms with Crippen LogP contribution in [0.3, 0.4) is 0 Å². The molecule has 0 bridgehead atoms. The fourth-order valence-corrected chi connectivity index (χ4v) is 3.68. The zero-order valence-corrected chi connectivity index (χ0v) is 10.8. The van der Waals surface area contributed by atoms with Crippen LogP contribution in [0.4, 0.5) is 0 Å². The molecule has 0 atom stereocenters. The zero-order valence-electron chi connectivity index (χ0n) is 9.99. The van der Waals surface area contributed by atoms with Crippen LogP contribution in [0.15, 0.2) is 15.6 Å². The number of primary amides is 1. The van der Waals surface area contributed by atoms with Crippen LogP contribution in [0.2, 0.25) is 0 Å². The summed E-state index contributed by atoms with van der Waals surface area (Å²) >= 11 is 1.52. The van der Waals surface area contributed by atoms with E-state index in [1.54, 1.807) is 0 Å². The minimum Gasteiger partial charge on any atom is -0.444 e. The van der Waals surface area contributed by atoms with Crippen molar-refractivity contribution in [3.8, 4) is 0 Å². The predicted molar refractivity (Wildman–Crippen MR) is 67.3 cm³/mol. The smallest absolute Gasteiger partial charge is 0.284 e. The second kappa shape index (κ2) is 3.80. The van der Waals surface area contributed by atoms with Gasteiger partial charge in [0.15, 0.2) is 10.9 Å². The molecule has 0 unspecified atom stereocenters. The number of carbonyl (C=O) groups excluding carboxylic acids is 1. The summed E-state index contributed by atoms with van der Waals surface area (Å²) in [6.45, 7) is 0. The molecule has 92 valence electrons. The molecule has 1 amide bonds. The van der Waals surface area contributed by atoms with Crippen LogP contribution < -0.4 is 5.73 Å². The summed E-state index contributed by atoms with van der Waals surface area (Å²) in [5.41, 5.74) is 7.02. The highest BCUT2D eigenvalue weighted by Crippen LogP contribution is 2.62. The van der Waals surface area contributed by atoms with E-state index in [0.717, 1.165) is 10.7 Å². The number of rotatable bonds is 3. The van der Waals surface area contributed by atoms with Crippen molar-refractivity contribution in [2.75, 3.05) is 6.26 Å². The van der Waals surface area contributed by atoms with Crippen molar-refractivity contribution in [2.24, 2.45) is 11.1 Å². The maximum absolute atomic E-state index is 11.4. The van der Waals surface area contributed by atoms with Gasteiger partial charge >= 0.3 is 0 Å². The molecule has 4 heteroatoms. The lowest BCUT2D eigenvalue weighted by Gasteiger charge is -2.54. The van der Waals surface area contributed by atoms with Crippen LogP contribution in [0.5, 0.6) is 0 Å². The Kier molecular flexibility index (Phi) is 2.51. The first-order valence-corrected chi connectivity index (χ1v) is 7.33. The highest BCUT2D eigenvalue weighted by atomic mass is 32.2. The second-order valence-electron chi connectivity index (χ2n) is 5.38. The van der Waals surface area contributed by atoms with Gasteiger partial charge in [-0.15, -0.1) is 0 Å². The first kappa shape index (κ1) is 11.2. The molecular formula is C13H17NO2S. The van der Waals surface area contributed by atoms with Crippen LogP contribution in [-0.2, 0) is 0 Å². The molecular weight excluding hydrogens is 234 g/mol. The van der Waals surface area contributed by atoms with E-state index in [1.807, 2.05) is 12.3 Å². The van der Waals surface area contributed by atoms with Crippen molar-refractivity contribution in [1.82, 2.24) is 0 Å². The Morgan fingerprint density at radius 3 is 2.71 bits per heavy atom. The molecule has 3 nitrogen and oxygen atoms in total. The van der Waals surface area contributed by atoms with Gasteiger partial charge in [0.05, 0.1) is 0 Å². The standard InChI is InChI=1S/C13H17NO2S/c1-17-10-5-9(11(16-10)12(14)15)8-6-13(7-8)3-2-4-13/h5,8H,2-4,6-7H2,1H3,(H2,14,15). The number of nitrogens with two attached hydrogens (primary N) is 1. The quantitative estimate of drug-likeness (QED) is 0.840. The van der Waals surface area contributed by atoms with Crippen molar-refractivity contribution in [3.05, 3.63) is 17.4 Å². The molecule has 1 spiro atoms. The number of furan rings is 1. The molecule has 0 radical (unpaired) electrons. The summed E-state index contributed by atoms with van der Waals surface area (Å²) in [5.74, 6) is 0.436. The summed E-state index contributed by atoms with van der Waals surface area (Å²) in [6.07, 6.45) is 8.46. The Labute approximate surface area is 105 Å². The monoisotopic (exact) mass is 251 g/mol. The maximum Gasteiger partial charge on any atom is 0.284 e. The van der Waals surface area contributed by atoms with Gasteiger partial charge in [0, 0.05) is 5.56 Å². The molecule has 1 aromatic rings. The molecule has 0 saturated heterocycles.